The van der Waals surface area contributed by atoms with Gasteiger partial charge >= 0.3 is 0 Å². The predicted octanol–water partition coefficient (Wildman–Crippen LogP) is 4.74. The summed E-state index contributed by atoms with van der Waals surface area (Å²) in [5, 5.41) is 3.76. The van der Waals surface area contributed by atoms with Crippen LogP contribution in [-0.2, 0) is 0 Å². The van der Waals surface area contributed by atoms with E-state index in [4.69, 9.17) is 32.7 Å². The van der Waals surface area contributed by atoms with Gasteiger partial charge in [0.2, 0.25) is 11.8 Å². The lowest BCUT2D eigenvalue weighted by Crippen LogP contribution is -2.39. The highest BCUT2D eigenvalue weighted by Gasteiger charge is 2.31. The van der Waals surface area contributed by atoms with Gasteiger partial charge in [0, 0.05) is 11.9 Å². The Morgan fingerprint density at radius 1 is 1.17 bits per heavy atom. The Labute approximate surface area is 177 Å². The fraction of sp³-hybridized carbons (Fsp3) is 0.100. The van der Waals surface area contributed by atoms with Gasteiger partial charge < -0.3 is 14.8 Å². The summed E-state index contributed by atoms with van der Waals surface area (Å²) in [5.74, 6) is 0.849. The monoisotopic (exact) mass is 429 g/mol. The Kier molecular flexibility index (Phi) is 5.42. The number of benzene rings is 2. The number of fused-ring (bicyclic) bond motifs is 1. The number of carbonyl (C=O) groups is 1. The van der Waals surface area contributed by atoms with Crippen molar-refractivity contribution in [1.82, 2.24) is 9.97 Å². The first-order valence-electron chi connectivity index (χ1n) is 8.61. The van der Waals surface area contributed by atoms with E-state index in [1.807, 2.05) is 12.1 Å². The minimum Gasteiger partial charge on any atom is -0.494 e. The molecule has 1 aliphatic heterocycles. The first-order chi connectivity index (χ1) is 14.1. The van der Waals surface area contributed by atoms with Crippen LogP contribution >= 0.6 is 23.2 Å². The Bertz CT molecular complexity index is 1040. The second kappa shape index (κ2) is 8.14. The summed E-state index contributed by atoms with van der Waals surface area (Å²) in [7, 11) is 0. The molecule has 4 rings (SSSR count). The highest BCUT2D eigenvalue weighted by atomic mass is 35.5. The van der Waals surface area contributed by atoms with Gasteiger partial charge in [-0.15, -0.1) is 0 Å². The zero-order valence-electron chi connectivity index (χ0n) is 15.1. The molecule has 0 atom stereocenters. The zero-order chi connectivity index (χ0) is 20.4. The molecule has 0 saturated heterocycles. The van der Waals surface area contributed by atoms with Crippen LogP contribution in [-0.4, -0.2) is 29.2 Å². The normalized spacial score (nSPS) is 12.9. The number of hydrogen-bond acceptors (Lipinski definition) is 6. The number of anilines is 3. The molecule has 0 fully saturated rings. The number of halogens is 2. The molecule has 29 heavy (non-hydrogen) atoms. The zero-order valence-corrected chi connectivity index (χ0v) is 16.6. The van der Waals surface area contributed by atoms with Gasteiger partial charge in [-0.05, 0) is 43.3 Å². The number of rotatable bonds is 5. The van der Waals surface area contributed by atoms with Crippen molar-refractivity contribution >= 4 is 46.4 Å². The summed E-state index contributed by atoms with van der Waals surface area (Å²) < 4.78 is 11.0. The molecule has 9 heteroatoms. The number of amides is 1. The second-order valence-electron chi connectivity index (χ2n) is 5.99. The van der Waals surface area contributed by atoms with Crippen LogP contribution in [0.1, 0.15) is 10.4 Å². The average Bonchev–Trinajstić information content (AvgIpc) is 2.71. The molecule has 1 aromatic heterocycles. The Balaban J connectivity index is 1.55. The van der Waals surface area contributed by atoms with Crippen LogP contribution in [0.4, 0.5) is 17.3 Å². The van der Waals surface area contributed by atoms with Gasteiger partial charge in [0.05, 0.1) is 22.3 Å². The maximum absolute atomic E-state index is 12.9. The van der Waals surface area contributed by atoms with E-state index in [-0.39, 0.29) is 24.1 Å². The van der Waals surface area contributed by atoms with Crippen LogP contribution < -0.4 is 19.7 Å². The van der Waals surface area contributed by atoms with Gasteiger partial charge in [-0.25, -0.2) is 4.98 Å². The van der Waals surface area contributed by atoms with Crippen molar-refractivity contribution < 1.29 is 14.3 Å². The van der Waals surface area contributed by atoms with E-state index in [0.29, 0.717) is 34.0 Å². The summed E-state index contributed by atoms with van der Waals surface area (Å²) in [6.07, 6.45) is 1.41. The Morgan fingerprint density at radius 3 is 2.59 bits per heavy atom. The molecule has 1 aliphatic rings. The largest absolute Gasteiger partial charge is 0.494 e. The second-order valence-corrected chi connectivity index (χ2v) is 6.80. The fourth-order valence-corrected chi connectivity index (χ4v) is 3.41. The minimum absolute atomic E-state index is 0.0666. The molecule has 147 valence electrons. The van der Waals surface area contributed by atoms with Gasteiger partial charge in [0.25, 0.3) is 5.91 Å². The third kappa shape index (κ3) is 3.92. The minimum atomic E-state index is -0.345. The SMILES string of the molecule is [CH2]COc1ccc(Nc2ncc3c(n2)OCN(c2c(Cl)cccc2Cl)C3=O)cc1. The topological polar surface area (TPSA) is 76.6 Å². The van der Waals surface area contributed by atoms with Crippen molar-refractivity contribution in [1.29, 1.82) is 0 Å². The quantitative estimate of drug-likeness (QED) is 0.631. The highest BCUT2D eigenvalue weighted by Crippen LogP contribution is 2.37. The Morgan fingerprint density at radius 2 is 1.90 bits per heavy atom. The number of hydrogen-bond donors (Lipinski definition) is 1. The number of para-hydroxylation sites is 1. The number of ether oxygens (including phenoxy) is 2. The van der Waals surface area contributed by atoms with Crippen molar-refractivity contribution in [2.45, 2.75) is 0 Å². The van der Waals surface area contributed by atoms with Crippen LogP contribution in [0.5, 0.6) is 11.6 Å². The summed E-state index contributed by atoms with van der Waals surface area (Å²) >= 11 is 12.4. The molecule has 2 aromatic carbocycles. The standard InChI is InChI=1S/C20H15Cl2N4O3/c1-2-28-13-8-6-12(7-9-13)24-20-23-10-14-18(25-20)29-11-26(19(14)27)17-15(21)4-3-5-16(17)22/h3-10H,1-2,11H2,(H,23,24,25). The van der Waals surface area contributed by atoms with Gasteiger partial charge in [0.15, 0.2) is 6.73 Å². The van der Waals surface area contributed by atoms with Crippen molar-refractivity contribution in [3.05, 3.63) is 71.2 Å². The van der Waals surface area contributed by atoms with E-state index in [2.05, 4.69) is 22.2 Å². The van der Waals surface area contributed by atoms with Gasteiger partial charge in [-0.1, -0.05) is 29.3 Å². The van der Waals surface area contributed by atoms with Gasteiger partial charge in [-0.2, -0.15) is 4.98 Å². The molecule has 3 aromatic rings. The third-order valence-electron chi connectivity index (χ3n) is 4.15. The molecule has 0 saturated carbocycles. The third-order valence-corrected chi connectivity index (χ3v) is 4.76. The van der Waals surface area contributed by atoms with Crippen LogP contribution in [0.25, 0.3) is 0 Å². The van der Waals surface area contributed by atoms with Crippen molar-refractivity contribution in [2.75, 3.05) is 23.6 Å². The molecule has 0 bridgehead atoms. The van der Waals surface area contributed by atoms with E-state index in [0.717, 1.165) is 5.69 Å². The summed E-state index contributed by atoms with van der Waals surface area (Å²) in [4.78, 5) is 22.8. The van der Waals surface area contributed by atoms with Gasteiger partial charge in [-0.3, -0.25) is 9.69 Å². The van der Waals surface area contributed by atoms with Gasteiger partial charge in [0.1, 0.15) is 11.3 Å². The van der Waals surface area contributed by atoms with E-state index in [1.165, 1.54) is 11.1 Å². The molecule has 0 unspecified atom stereocenters. The first-order valence-corrected chi connectivity index (χ1v) is 9.37. The highest BCUT2D eigenvalue weighted by molar-refractivity contribution is 6.40. The number of nitrogens with one attached hydrogen (secondary N) is 1. The van der Waals surface area contributed by atoms with Crippen LogP contribution in [0.15, 0.2) is 48.7 Å². The maximum atomic E-state index is 12.9. The van der Waals surface area contributed by atoms with E-state index in [1.54, 1.807) is 30.3 Å². The lowest BCUT2D eigenvalue weighted by molar-refractivity contribution is 0.0932. The molecule has 1 N–H and O–H groups in total. The molecule has 1 amide bonds. The summed E-state index contributed by atoms with van der Waals surface area (Å²) in [6, 6.07) is 12.3. The van der Waals surface area contributed by atoms with Crippen molar-refractivity contribution in [3.8, 4) is 11.6 Å². The van der Waals surface area contributed by atoms with E-state index >= 15 is 0 Å². The molecule has 2 heterocycles. The van der Waals surface area contributed by atoms with E-state index in [9.17, 15) is 4.79 Å². The van der Waals surface area contributed by atoms with Crippen LogP contribution in [0.3, 0.4) is 0 Å². The van der Waals surface area contributed by atoms with Crippen molar-refractivity contribution in [3.63, 3.8) is 0 Å². The molecule has 0 aliphatic carbocycles. The lowest BCUT2D eigenvalue weighted by Gasteiger charge is -2.29. The average molecular weight is 430 g/mol. The smallest absolute Gasteiger partial charge is 0.268 e. The Hall–Kier alpha value is -3.03. The first kappa shape index (κ1) is 19.3. The maximum Gasteiger partial charge on any atom is 0.268 e. The number of nitrogens with zero attached hydrogens (tertiary/aromatic N) is 3. The molecule has 7 nitrogen and oxygen atoms in total. The van der Waals surface area contributed by atoms with Crippen molar-refractivity contribution in [2.24, 2.45) is 0 Å². The summed E-state index contributed by atoms with van der Waals surface area (Å²) in [6.45, 7) is 3.92. The van der Waals surface area contributed by atoms with Crippen LogP contribution in [0, 0.1) is 6.92 Å². The molecule has 1 radical (unpaired) electrons. The lowest BCUT2D eigenvalue weighted by atomic mass is 10.2. The molecular weight excluding hydrogens is 415 g/mol. The predicted molar refractivity (Wildman–Crippen MR) is 111 cm³/mol. The summed E-state index contributed by atoms with van der Waals surface area (Å²) in [5.41, 5.74) is 1.36. The van der Waals surface area contributed by atoms with Crippen LogP contribution in [0.2, 0.25) is 10.0 Å². The van der Waals surface area contributed by atoms with E-state index < -0.39 is 0 Å². The molecule has 0 spiro atoms. The number of aromatic nitrogens is 2. The number of carbonyl (C=O) groups excluding carboxylic acids is 1. The molecular formula is C20H15Cl2N4O3. The fourth-order valence-electron chi connectivity index (χ4n) is 2.81.